The molecule has 0 bridgehead atoms. The molecular formula is C18H30N6O. The largest absolute Gasteiger partial charge is 0.338 e. The molecule has 0 radical (unpaired) electrons. The number of aryl methyl sites for hydroxylation is 2. The molecule has 1 aliphatic heterocycles. The van der Waals surface area contributed by atoms with E-state index in [0.29, 0.717) is 24.4 Å². The Morgan fingerprint density at radius 3 is 2.92 bits per heavy atom. The maximum atomic E-state index is 5.39. The smallest absolute Gasteiger partial charge is 0.240 e. The topological polar surface area (TPSA) is 63.2 Å². The highest BCUT2D eigenvalue weighted by molar-refractivity contribution is 5.08. The second-order valence-electron chi connectivity index (χ2n) is 7.31. The number of hydrogen-bond acceptors (Lipinski definition) is 6. The minimum atomic E-state index is 0.405. The lowest BCUT2D eigenvalue weighted by molar-refractivity contribution is 0.0851. The summed E-state index contributed by atoms with van der Waals surface area (Å²) in [7, 11) is 6.44. The maximum absolute atomic E-state index is 5.39. The molecule has 25 heavy (non-hydrogen) atoms. The third-order valence-electron chi connectivity index (χ3n) is 5.10. The van der Waals surface area contributed by atoms with Crippen molar-refractivity contribution in [2.75, 3.05) is 27.2 Å². The Balaban J connectivity index is 1.65. The van der Waals surface area contributed by atoms with E-state index in [2.05, 4.69) is 57.6 Å². The fourth-order valence-corrected chi connectivity index (χ4v) is 3.95. The Labute approximate surface area is 150 Å². The van der Waals surface area contributed by atoms with E-state index in [1.165, 1.54) is 18.5 Å². The van der Waals surface area contributed by atoms with Crippen molar-refractivity contribution < 1.29 is 4.52 Å². The Kier molecular flexibility index (Phi) is 5.86. The fraction of sp³-hybridized carbons (Fsp3) is 0.722. The number of imidazole rings is 1. The van der Waals surface area contributed by atoms with E-state index in [9.17, 15) is 0 Å². The number of piperidine rings is 1. The van der Waals surface area contributed by atoms with E-state index in [1.807, 2.05) is 12.5 Å². The van der Waals surface area contributed by atoms with Crippen molar-refractivity contribution in [1.29, 1.82) is 0 Å². The SMILES string of the molecule is CCCc1noc(CN(C)C[C@@H]2CCCN(C)[C@H]2c2cncn2C)n1. The van der Waals surface area contributed by atoms with Gasteiger partial charge in [-0.2, -0.15) is 4.98 Å². The summed E-state index contributed by atoms with van der Waals surface area (Å²) in [6, 6.07) is 0.405. The molecule has 3 rings (SSSR count). The van der Waals surface area contributed by atoms with Crippen LogP contribution in [0.3, 0.4) is 0 Å². The molecule has 2 atom stereocenters. The molecule has 3 heterocycles. The van der Waals surface area contributed by atoms with Crippen LogP contribution in [0.5, 0.6) is 0 Å². The Morgan fingerprint density at radius 1 is 1.36 bits per heavy atom. The second kappa shape index (κ2) is 8.10. The van der Waals surface area contributed by atoms with Gasteiger partial charge in [-0.25, -0.2) is 4.98 Å². The van der Waals surface area contributed by atoms with Crippen LogP contribution in [-0.2, 0) is 20.0 Å². The third kappa shape index (κ3) is 4.27. The Bertz CT molecular complexity index is 666. The van der Waals surface area contributed by atoms with E-state index in [1.54, 1.807) is 0 Å². The average Bonchev–Trinajstić information content (AvgIpc) is 3.17. The molecule has 0 spiro atoms. The lowest BCUT2D eigenvalue weighted by Gasteiger charge is -2.40. The van der Waals surface area contributed by atoms with Gasteiger partial charge in [-0.1, -0.05) is 12.1 Å². The zero-order chi connectivity index (χ0) is 17.8. The van der Waals surface area contributed by atoms with Crippen LogP contribution >= 0.6 is 0 Å². The van der Waals surface area contributed by atoms with Gasteiger partial charge in [0.15, 0.2) is 5.82 Å². The quantitative estimate of drug-likeness (QED) is 0.766. The summed E-state index contributed by atoms with van der Waals surface area (Å²) in [5.41, 5.74) is 1.30. The van der Waals surface area contributed by atoms with Crippen molar-refractivity contribution in [2.45, 2.75) is 45.2 Å². The van der Waals surface area contributed by atoms with Crippen molar-refractivity contribution in [1.82, 2.24) is 29.5 Å². The summed E-state index contributed by atoms with van der Waals surface area (Å²) in [5, 5.41) is 4.05. The van der Waals surface area contributed by atoms with Crippen molar-refractivity contribution in [3.05, 3.63) is 29.9 Å². The van der Waals surface area contributed by atoms with Crippen molar-refractivity contribution >= 4 is 0 Å². The summed E-state index contributed by atoms with van der Waals surface area (Å²) < 4.78 is 7.54. The summed E-state index contributed by atoms with van der Waals surface area (Å²) in [6.07, 6.45) is 8.29. The van der Waals surface area contributed by atoms with E-state index < -0.39 is 0 Å². The van der Waals surface area contributed by atoms with Gasteiger partial charge in [-0.05, 0) is 45.8 Å². The highest BCUT2D eigenvalue weighted by Crippen LogP contribution is 2.35. The molecule has 1 aliphatic rings. The minimum Gasteiger partial charge on any atom is -0.338 e. The molecule has 7 heteroatoms. The van der Waals surface area contributed by atoms with Crippen molar-refractivity contribution in [2.24, 2.45) is 13.0 Å². The van der Waals surface area contributed by atoms with Crippen LogP contribution in [0.1, 0.15) is 49.6 Å². The highest BCUT2D eigenvalue weighted by atomic mass is 16.5. The molecule has 0 amide bonds. The summed E-state index contributed by atoms with van der Waals surface area (Å²) in [4.78, 5) is 13.6. The molecule has 0 saturated carbocycles. The van der Waals surface area contributed by atoms with Crippen LogP contribution in [0.25, 0.3) is 0 Å². The molecule has 0 aromatic carbocycles. The van der Waals surface area contributed by atoms with Gasteiger partial charge in [-0.3, -0.25) is 9.80 Å². The predicted molar refractivity (Wildman–Crippen MR) is 95.9 cm³/mol. The standard InChI is InChI=1S/C18H30N6O/c1-5-7-16-20-17(25-21-16)12-22(2)11-14-8-6-9-23(3)18(14)15-10-19-13-24(15)4/h10,13-14,18H,5-9,11-12H2,1-4H3/t14-,18+/m0/s1. The lowest BCUT2D eigenvalue weighted by atomic mass is 9.87. The molecule has 0 N–H and O–H groups in total. The Morgan fingerprint density at radius 2 is 2.20 bits per heavy atom. The molecule has 2 aromatic rings. The number of hydrogen-bond donors (Lipinski definition) is 0. The number of rotatable bonds is 7. The molecule has 1 fully saturated rings. The molecule has 7 nitrogen and oxygen atoms in total. The summed E-state index contributed by atoms with van der Waals surface area (Å²) in [5.74, 6) is 2.10. The van der Waals surface area contributed by atoms with E-state index >= 15 is 0 Å². The fourth-order valence-electron chi connectivity index (χ4n) is 3.95. The highest BCUT2D eigenvalue weighted by Gasteiger charge is 2.33. The molecular weight excluding hydrogens is 316 g/mol. The Hall–Kier alpha value is -1.73. The summed E-state index contributed by atoms with van der Waals surface area (Å²) in [6.45, 7) is 4.97. The lowest BCUT2D eigenvalue weighted by Crippen LogP contribution is -2.41. The van der Waals surface area contributed by atoms with Crippen LogP contribution in [0, 0.1) is 5.92 Å². The van der Waals surface area contributed by atoms with Gasteiger partial charge in [0.25, 0.3) is 0 Å². The molecule has 0 aliphatic carbocycles. The van der Waals surface area contributed by atoms with Gasteiger partial charge >= 0.3 is 0 Å². The van der Waals surface area contributed by atoms with Crippen LogP contribution in [0.2, 0.25) is 0 Å². The molecule has 138 valence electrons. The third-order valence-corrected chi connectivity index (χ3v) is 5.10. The zero-order valence-corrected chi connectivity index (χ0v) is 15.9. The molecule has 0 unspecified atom stereocenters. The van der Waals surface area contributed by atoms with Crippen LogP contribution in [0.15, 0.2) is 17.0 Å². The van der Waals surface area contributed by atoms with Crippen LogP contribution in [-0.4, -0.2) is 56.7 Å². The second-order valence-corrected chi connectivity index (χ2v) is 7.31. The van der Waals surface area contributed by atoms with Crippen molar-refractivity contribution in [3.8, 4) is 0 Å². The first kappa shape index (κ1) is 18.1. The van der Waals surface area contributed by atoms with Gasteiger partial charge in [0.1, 0.15) is 0 Å². The first-order valence-corrected chi connectivity index (χ1v) is 9.25. The predicted octanol–water partition coefficient (Wildman–Crippen LogP) is 2.27. The van der Waals surface area contributed by atoms with Crippen LogP contribution < -0.4 is 0 Å². The number of likely N-dealkylation sites (tertiary alicyclic amines) is 1. The first-order valence-electron chi connectivity index (χ1n) is 9.25. The zero-order valence-electron chi connectivity index (χ0n) is 15.9. The van der Waals surface area contributed by atoms with Gasteiger partial charge in [-0.15, -0.1) is 0 Å². The van der Waals surface area contributed by atoms with Gasteiger partial charge in [0.2, 0.25) is 5.89 Å². The van der Waals surface area contributed by atoms with E-state index in [-0.39, 0.29) is 0 Å². The van der Waals surface area contributed by atoms with E-state index in [0.717, 1.165) is 31.8 Å². The summed E-state index contributed by atoms with van der Waals surface area (Å²) >= 11 is 0. The first-order chi connectivity index (χ1) is 12.1. The van der Waals surface area contributed by atoms with Crippen molar-refractivity contribution in [3.63, 3.8) is 0 Å². The molecule has 1 saturated heterocycles. The number of aromatic nitrogens is 4. The maximum Gasteiger partial charge on any atom is 0.240 e. The van der Waals surface area contributed by atoms with Gasteiger partial charge in [0, 0.05) is 26.2 Å². The average molecular weight is 346 g/mol. The normalized spacial score (nSPS) is 22.0. The van der Waals surface area contributed by atoms with Crippen LogP contribution in [0.4, 0.5) is 0 Å². The monoisotopic (exact) mass is 346 g/mol. The van der Waals surface area contributed by atoms with E-state index in [4.69, 9.17) is 4.52 Å². The van der Waals surface area contributed by atoms with Gasteiger partial charge < -0.3 is 9.09 Å². The minimum absolute atomic E-state index is 0.405. The van der Waals surface area contributed by atoms with Gasteiger partial charge in [0.05, 0.1) is 24.6 Å². The molecule has 2 aromatic heterocycles. The number of nitrogens with zero attached hydrogens (tertiary/aromatic N) is 6.